The highest BCUT2D eigenvalue weighted by atomic mass is 16.3. The van der Waals surface area contributed by atoms with Crippen molar-refractivity contribution < 1.29 is 9.90 Å². The molecule has 0 spiro atoms. The number of benzene rings is 1. The minimum absolute atomic E-state index is 0.334. The van der Waals surface area contributed by atoms with Crippen LogP contribution < -0.4 is 5.32 Å². The molecule has 126 valence electrons. The van der Waals surface area contributed by atoms with E-state index in [4.69, 9.17) is 0 Å². The zero-order chi connectivity index (χ0) is 16.8. The highest BCUT2D eigenvalue weighted by Gasteiger charge is 2.02. The molecule has 0 aromatic heterocycles. The van der Waals surface area contributed by atoms with Gasteiger partial charge in [0.25, 0.3) is 5.91 Å². The van der Waals surface area contributed by atoms with Crippen molar-refractivity contribution in [2.24, 2.45) is 0 Å². The van der Waals surface area contributed by atoms with Crippen LogP contribution in [-0.4, -0.2) is 17.1 Å². The summed E-state index contributed by atoms with van der Waals surface area (Å²) in [5.41, 5.74) is 0.732. The smallest absolute Gasteiger partial charge is 0.300 e. The summed E-state index contributed by atoms with van der Waals surface area (Å²) in [6, 6.07) is 9.23. The van der Waals surface area contributed by atoms with Gasteiger partial charge < -0.3 is 10.4 Å². The standard InChI is InChI=1S/C20H29NO2/c1-2-3-4-5-6-7-11-15-19(22)16-12-17-20(23)21-18-13-9-8-10-14-18/h8-10,13-14,19,22H,2-7,11,15-16H2,1H3,(H,21,23). The molecule has 0 saturated heterocycles. The Morgan fingerprint density at radius 1 is 1.09 bits per heavy atom. The molecular weight excluding hydrogens is 286 g/mol. The highest BCUT2D eigenvalue weighted by molar-refractivity contribution is 6.03. The Morgan fingerprint density at radius 3 is 2.43 bits per heavy atom. The summed E-state index contributed by atoms with van der Waals surface area (Å²) in [5.74, 6) is 4.95. The first-order chi connectivity index (χ1) is 11.2. The number of carbonyl (C=O) groups excluding carboxylic acids is 1. The van der Waals surface area contributed by atoms with Gasteiger partial charge in [-0.15, -0.1) is 0 Å². The third kappa shape index (κ3) is 10.5. The van der Waals surface area contributed by atoms with E-state index in [0.717, 1.165) is 18.5 Å². The molecule has 1 aromatic carbocycles. The van der Waals surface area contributed by atoms with Gasteiger partial charge in [0.05, 0.1) is 6.10 Å². The second kappa shape index (κ2) is 12.7. The molecule has 3 heteroatoms. The first-order valence-electron chi connectivity index (χ1n) is 8.75. The first-order valence-corrected chi connectivity index (χ1v) is 8.75. The van der Waals surface area contributed by atoms with E-state index in [1.54, 1.807) is 0 Å². The second-order valence-electron chi connectivity index (χ2n) is 5.89. The number of hydrogen-bond donors (Lipinski definition) is 2. The fraction of sp³-hybridized carbons (Fsp3) is 0.550. The van der Waals surface area contributed by atoms with Crippen LogP contribution in [0.1, 0.15) is 64.7 Å². The van der Waals surface area contributed by atoms with E-state index in [2.05, 4.69) is 24.1 Å². The molecule has 0 aliphatic carbocycles. The number of aliphatic hydroxyl groups excluding tert-OH is 1. The van der Waals surface area contributed by atoms with Crippen molar-refractivity contribution >= 4 is 11.6 Å². The second-order valence-corrected chi connectivity index (χ2v) is 5.89. The topological polar surface area (TPSA) is 49.3 Å². The monoisotopic (exact) mass is 315 g/mol. The Bertz CT molecular complexity index is 487. The van der Waals surface area contributed by atoms with E-state index in [1.807, 2.05) is 30.3 Å². The molecule has 1 atom stereocenters. The number of unbranched alkanes of at least 4 members (excludes halogenated alkanes) is 6. The molecule has 0 aliphatic heterocycles. The molecule has 23 heavy (non-hydrogen) atoms. The zero-order valence-corrected chi connectivity index (χ0v) is 14.2. The molecule has 3 nitrogen and oxygen atoms in total. The molecule has 2 N–H and O–H groups in total. The molecule has 0 saturated carbocycles. The molecule has 1 unspecified atom stereocenters. The van der Waals surface area contributed by atoms with Gasteiger partial charge in [0.1, 0.15) is 0 Å². The molecule has 0 bridgehead atoms. The third-order valence-corrected chi connectivity index (χ3v) is 3.71. The van der Waals surface area contributed by atoms with Gasteiger partial charge in [-0.3, -0.25) is 4.79 Å². The van der Waals surface area contributed by atoms with Gasteiger partial charge in [0, 0.05) is 12.1 Å². The van der Waals surface area contributed by atoms with E-state index >= 15 is 0 Å². The molecule has 0 aliphatic rings. The number of hydrogen-bond acceptors (Lipinski definition) is 2. The lowest BCUT2D eigenvalue weighted by molar-refractivity contribution is -0.111. The Hall–Kier alpha value is -1.79. The van der Waals surface area contributed by atoms with E-state index in [0.29, 0.717) is 6.42 Å². The van der Waals surface area contributed by atoms with Crippen LogP contribution in [0.3, 0.4) is 0 Å². The van der Waals surface area contributed by atoms with E-state index in [1.165, 1.54) is 38.5 Å². The number of amides is 1. The van der Waals surface area contributed by atoms with Gasteiger partial charge in [0.15, 0.2) is 0 Å². The molecule has 0 radical (unpaired) electrons. The average molecular weight is 315 g/mol. The van der Waals surface area contributed by atoms with Gasteiger partial charge in [0.2, 0.25) is 0 Å². The van der Waals surface area contributed by atoms with E-state index in [9.17, 15) is 9.90 Å². The summed E-state index contributed by atoms with van der Waals surface area (Å²) in [6.45, 7) is 2.22. The maximum absolute atomic E-state index is 11.6. The summed E-state index contributed by atoms with van der Waals surface area (Å²) in [7, 11) is 0. The predicted octanol–water partition coefficient (Wildman–Crippen LogP) is 4.52. The lowest BCUT2D eigenvalue weighted by Crippen LogP contribution is -2.09. The van der Waals surface area contributed by atoms with Crippen LogP contribution >= 0.6 is 0 Å². The number of para-hydroxylation sites is 1. The normalized spacial score (nSPS) is 11.4. The SMILES string of the molecule is CCCCCCCCCC(O)CC#CC(=O)Nc1ccccc1. The summed E-state index contributed by atoms with van der Waals surface area (Å²) in [4.78, 5) is 11.6. The molecule has 1 rings (SSSR count). The van der Waals surface area contributed by atoms with Crippen molar-refractivity contribution in [3.63, 3.8) is 0 Å². The van der Waals surface area contributed by atoms with Gasteiger partial charge in [-0.25, -0.2) is 0 Å². The summed E-state index contributed by atoms with van der Waals surface area (Å²) in [5, 5.41) is 12.6. The summed E-state index contributed by atoms with van der Waals surface area (Å²) in [6.07, 6.45) is 9.36. The fourth-order valence-electron chi connectivity index (χ4n) is 2.37. The molecule has 1 amide bonds. The largest absolute Gasteiger partial charge is 0.392 e. The molecule has 1 aromatic rings. The van der Waals surface area contributed by atoms with Crippen LogP contribution in [0.2, 0.25) is 0 Å². The lowest BCUT2D eigenvalue weighted by Gasteiger charge is -2.06. The summed E-state index contributed by atoms with van der Waals surface area (Å²) < 4.78 is 0. The highest BCUT2D eigenvalue weighted by Crippen LogP contribution is 2.10. The van der Waals surface area contributed by atoms with E-state index < -0.39 is 6.10 Å². The van der Waals surface area contributed by atoms with Crippen molar-refractivity contribution in [2.75, 3.05) is 5.32 Å². The van der Waals surface area contributed by atoms with Crippen molar-refractivity contribution in [1.29, 1.82) is 0 Å². The van der Waals surface area contributed by atoms with Crippen LogP contribution in [-0.2, 0) is 4.79 Å². The van der Waals surface area contributed by atoms with Crippen LogP contribution in [0.25, 0.3) is 0 Å². The van der Waals surface area contributed by atoms with Gasteiger partial charge in [-0.1, -0.05) is 76.0 Å². The number of carbonyl (C=O) groups is 1. The molecular formula is C20H29NO2. The number of aliphatic hydroxyl groups is 1. The Morgan fingerprint density at radius 2 is 1.74 bits per heavy atom. The maximum atomic E-state index is 11.6. The first kappa shape index (κ1) is 19.3. The van der Waals surface area contributed by atoms with Gasteiger partial charge in [-0.2, -0.15) is 0 Å². The Labute approximate surface area is 140 Å². The average Bonchev–Trinajstić information content (AvgIpc) is 2.55. The van der Waals surface area contributed by atoms with Crippen molar-refractivity contribution in [2.45, 2.75) is 70.8 Å². The maximum Gasteiger partial charge on any atom is 0.300 e. The van der Waals surface area contributed by atoms with Crippen molar-refractivity contribution in [3.8, 4) is 11.8 Å². The van der Waals surface area contributed by atoms with E-state index in [-0.39, 0.29) is 5.91 Å². The number of anilines is 1. The molecule has 0 heterocycles. The van der Waals surface area contributed by atoms with Crippen LogP contribution in [0.4, 0.5) is 5.69 Å². The lowest BCUT2D eigenvalue weighted by atomic mass is 10.1. The van der Waals surface area contributed by atoms with Gasteiger partial charge in [-0.05, 0) is 24.5 Å². The summed E-state index contributed by atoms with van der Waals surface area (Å²) >= 11 is 0. The minimum atomic E-state index is -0.428. The van der Waals surface area contributed by atoms with Crippen molar-refractivity contribution in [3.05, 3.63) is 30.3 Å². The van der Waals surface area contributed by atoms with Crippen LogP contribution in [0.5, 0.6) is 0 Å². The molecule has 0 fully saturated rings. The van der Waals surface area contributed by atoms with Crippen LogP contribution in [0, 0.1) is 11.8 Å². The Kier molecular flexibility index (Phi) is 10.7. The quantitative estimate of drug-likeness (QED) is 0.492. The minimum Gasteiger partial charge on any atom is -0.392 e. The Balaban J connectivity index is 2.09. The predicted molar refractivity (Wildman–Crippen MR) is 96.1 cm³/mol. The zero-order valence-electron chi connectivity index (χ0n) is 14.2. The third-order valence-electron chi connectivity index (χ3n) is 3.71. The van der Waals surface area contributed by atoms with Crippen molar-refractivity contribution in [1.82, 2.24) is 0 Å². The fourth-order valence-corrected chi connectivity index (χ4v) is 2.37. The number of nitrogens with one attached hydrogen (secondary N) is 1. The van der Waals surface area contributed by atoms with Gasteiger partial charge >= 0.3 is 0 Å². The van der Waals surface area contributed by atoms with Crippen LogP contribution in [0.15, 0.2) is 30.3 Å². The number of rotatable bonds is 10.